The van der Waals surface area contributed by atoms with E-state index in [0.29, 0.717) is 0 Å². The molecule has 2 aromatic rings. The van der Waals surface area contributed by atoms with Crippen LogP contribution in [-0.2, 0) is 13.5 Å². The molecule has 5 nitrogen and oxygen atoms in total. The molecule has 2 rings (SSSR count). The summed E-state index contributed by atoms with van der Waals surface area (Å²) in [6.45, 7) is 0. The number of aryl methyl sites for hydroxylation is 1. The Kier molecular flexibility index (Phi) is 3.53. The minimum atomic E-state index is -1.26. The zero-order valence-electron chi connectivity index (χ0n) is 9.31. The summed E-state index contributed by atoms with van der Waals surface area (Å²) >= 11 is 5.42. The SMILES string of the molecule is Cn1nnc(CC(O)c2cc(F)c(Cl)cc2F)n1. The molecule has 0 aliphatic heterocycles. The molecule has 0 radical (unpaired) electrons. The van der Waals surface area contributed by atoms with Crippen molar-refractivity contribution in [3.8, 4) is 0 Å². The van der Waals surface area contributed by atoms with Crippen molar-refractivity contribution in [2.24, 2.45) is 7.05 Å². The number of rotatable bonds is 3. The van der Waals surface area contributed by atoms with Gasteiger partial charge in [-0.2, -0.15) is 4.80 Å². The van der Waals surface area contributed by atoms with Gasteiger partial charge in [0.2, 0.25) is 0 Å². The van der Waals surface area contributed by atoms with Gasteiger partial charge in [0.1, 0.15) is 11.6 Å². The lowest BCUT2D eigenvalue weighted by Crippen LogP contribution is -2.07. The Bertz CT molecular complexity index is 575. The molecule has 0 fully saturated rings. The number of hydrogen-bond donors (Lipinski definition) is 1. The maximum Gasteiger partial charge on any atom is 0.177 e. The van der Waals surface area contributed by atoms with E-state index in [1.807, 2.05) is 0 Å². The van der Waals surface area contributed by atoms with Gasteiger partial charge in [0, 0.05) is 12.0 Å². The van der Waals surface area contributed by atoms with Gasteiger partial charge in [-0.25, -0.2) is 8.78 Å². The molecule has 1 heterocycles. The average molecular weight is 275 g/mol. The highest BCUT2D eigenvalue weighted by Crippen LogP contribution is 2.25. The molecule has 0 saturated heterocycles. The van der Waals surface area contributed by atoms with Crippen LogP contribution in [-0.4, -0.2) is 25.3 Å². The molecule has 1 atom stereocenters. The summed E-state index contributed by atoms with van der Waals surface area (Å²) in [6.07, 6.45) is -1.33. The largest absolute Gasteiger partial charge is 0.388 e. The smallest absolute Gasteiger partial charge is 0.177 e. The Hall–Kier alpha value is -1.60. The zero-order valence-corrected chi connectivity index (χ0v) is 10.1. The van der Waals surface area contributed by atoms with Crippen LogP contribution in [0, 0.1) is 11.6 Å². The standard InChI is InChI=1S/C10H9ClF2N4O/c1-17-15-10(14-16-17)4-9(18)5-2-8(13)6(11)3-7(5)12/h2-3,9,18H,4H2,1H3. The predicted octanol–water partition coefficient (Wildman–Crippen LogP) is 1.42. The molecule has 1 aromatic heterocycles. The van der Waals surface area contributed by atoms with Gasteiger partial charge in [0.05, 0.1) is 18.2 Å². The summed E-state index contributed by atoms with van der Waals surface area (Å²) in [5.41, 5.74) is -0.190. The van der Waals surface area contributed by atoms with Gasteiger partial charge in [-0.05, 0) is 17.3 Å². The Balaban J connectivity index is 2.23. The number of nitrogens with zero attached hydrogens (tertiary/aromatic N) is 4. The van der Waals surface area contributed by atoms with Crippen molar-refractivity contribution in [1.82, 2.24) is 20.2 Å². The third kappa shape index (κ3) is 2.62. The second-order valence-electron chi connectivity index (χ2n) is 3.70. The van der Waals surface area contributed by atoms with E-state index in [1.165, 1.54) is 4.80 Å². The summed E-state index contributed by atoms with van der Waals surface area (Å²) in [4.78, 5) is 1.21. The Labute approximate surface area is 106 Å². The van der Waals surface area contributed by atoms with Gasteiger partial charge in [-0.3, -0.25) is 0 Å². The van der Waals surface area contributed by atoms with Gasteiger partial charge >= 0.3 is 0 Å². The Morgan fingerprint density at radius 1 is 1.39 bits per heavy atom. The molecule has 0 aliphatic rings. The quantitative estimate of drug-likeness (QED) is 0.860. The van der Waals surface area contributed by atoms with Gasteiger partial charge in [-0.15, -0.1) is 10.2 Å². The first-order chi connectivity index (χ1) is 8.47. The molecule has 0 aliphatic carbocycles. The molecule has 1 N–H and O–H groups in total. The molecular formula is C10H9ClF2N4O. The van der Waals surface area contributed by atoms with E-state index in [1.54, 1.807) is 7.05 Å². The highest BCUT2D eigenvalue weighted by atomic mass is 35.5. The van der Waals surface area contributed by atoms with E-state index in [-0.39, 0.29) is 22.8 Å². The zero-order chi connectivity index (χ0) is 13.3. The van der Waals surface area contributed by atoms with Gasteiger partial charge < -0.3 is 5.11 Å². The molecule has 0 amide bonds. The highest BCUT2D eigenvalue weighted by molar-refractivity contribution is 6.30. The minimum Gasteiger partial charge on any atom is -0.388 e. The Morgan fingerprint density at radius 2 is 2.11 bits per heavy atom. The summed E-state index contributed by atoms with van der Waals surface area (Å²) in [6, 6.07) is 1.68. The molecule has 18 heavy (non-hydrogen) atoms. The second kappa shape index (κ2) is 4.95. The first kappa shape index (κ1) is 12.8. The molecular weight excluding hydrogens is 266 g/mol. The van der Waals surface area contributed by atoms with Crippen molar-refractivity contribution in [2.45, 2.75) is 12.5 Å². The van der Waals surface area contributed by atoms with Crippen molar-refractivity contribution in [2.75, 3.05) is 0 Å². The van der Waals surface area contributed by atoms with Crippen molar-refractivity contribution in [1.29, 1.82) is 0 Å². The van der Waals surface area contributed by atoms with E-state index < -0.39 is 17.7 Å². The number of aliphatic hydroxyl groups excluding tert-OH is 1. The number of benzene rings is 1. The number of aliphatic hydroxyl groups is 1. The molecule has 0 bridgehead atoms. The van der Waals surface area contributed by atoms with Crippen LogP contribution in [0.3, 0.4) is 0 Å². The van der Waals surface area contributed by atoms with Crippen molar-refractivity contribution < 1.29 is 13.9 Å². The summed E-state index contributed by atoms with van der Waals surface area (Å²) < 4.78 is 26.7. The van der Waals surface area contributed by atoms with Gasteiger partial charge in [0.25, 0.3) is 0 Å². The molecule has 8 heteroatoms. The topological polar surface area (TPSA) is 63.8 Å². The fourth-order valence-electron chi connectivity index (χ4n) is 1.48. The highest BCUT2D eigenvalue weighted by Gasteiger charge is 2.18. The molecule has 1 unspecified atom stereocenters. The van der Waals surface area contributed by atoms with Crippen molar-refractivity contribution in [3.63, 3.8) is 0 Å². The lowest BCUT2D eigenvalue weighted by Gasteiger charge is -2.10. The third-order valence-corrected chi connectivity index (χ3v) is 2.61. The monoisotopic (exact) mass is 274 g/mol. The lowest BCUT2D eigenvalue weighted by atomic mass is 10.1. The van der Waals surface area contributed by atoms with Crippen LogP contribution in [0.1, 0.15) is 17.5 Å². The van der Waals surface area contributed by atoms with Crippen molar-refractivity contribution in [3.05, 3.63) is 40.2 Å². The number of halogens is 3. The molecule has 0 saturated carbocycles. The van der Waals surface area contributed by atoms with Crippen LogP contribution < -0.4 is 0 Å². The normalized spacial score (nSPS) is 12.7. The van der Waals surface area contributed by atoms with Crippen molar-refractivity contribution >= 4 is 11.6 Å². The molecule has 0 spiro atoms. The third-order valence-electron chi connectivity index (χ3n) is 2.32. The van der Waals surface area contributed by atoms with Crippen LogP contribution in [0.15, 0.2) is 12.1 Å². The first-order valence-corrected chi connectivity index (χ1v) is 5.40. The van der Waals surface area contributed by atoms with E-state index in [0.717, 1.165) is 12.1 Å². The minimum absolute atomic E-state index is 0.0637. The average Bonchev–Trinajstić information content (AvgIpc) is 2.69. The summed E-state index contributed by atoms with van der Waals surface area (Å²) in [5, 5.41) is 20.5. The van der Waals surface area contributed by atoms with Crippen LogP contribution in [0.4, 0.5) is 8.78 Å². The number of aromatic nitrogens is 4. The maximum absolute atomic E-state index is 13.5. The molecule has 1 aromatic carbocycles. The van der Waals surface area contributed by atoms with E-state index in [2.05, 4.69) is 15.4 Å². The molecule has 96 valence electrons. The number of tetrazole rings is 1. The van der Waals surface area contributed by atoms with E-state index >= 15 is 0 Å². The van der Waals surface area contributed by atoms with E-state index in [4.69, 9.17) is 11.6 Å². The van der Waals surface area contributed by atoms with Crippen LogP contribution in [0.25, 0.3) is 0 Å². The van der Waals surface area contributed by atoms with Crippen LogP contribution >= 0.6 is 11.6 Å². The van der Waals surface area contributed by atoms with Gasteiger partial charge in [0.15, 0.2) is 5.82 Å². The number of hydrogen-bond acceptors (Lipinski definition) is 4. The summed E-state index contributed by atoms with van der Waals surface area (Å²) in [5.74, 6) is -1.34. The second-order valence-corrected chi connectivity index (χ2v) is 4.11. The predicted molar refractivity (Wildman–Crippen MR) is 58.8 cm³/mol. The fraction of sp³-hybridized carbons (Fsp3) is 0.300. The first-order valence-electron chi connectivity index (χ1n) is 5.02. The van der Waals surface area contributed by atoms with Crippen LogP contribution in [0.2, 0.25) is 5.02 Å². The summed E-state index contributed by atoms with van der Waals surface area (Å²) in [7, 11) is 1.56. The van der Waals surface area contributed by atoms with E-state index in [9.17, 15) is 13.9 Å². The lowest BCUT2D eigenvalue weighted by molar-refractivity contribution is 0.170. The fourth-order valence-corrected chi connectivity index (χ4v) is 1.63. The maximum atomic E-state index is 13.5. The van der Waals surface area contributed by atoms with Crippen LogP contribution in [0.5, 0.6) is 0 Å². The van der Waals surface area contributed by atoms with Gasteiger partial charge in [-0.1, -0.05) is 11.6 Å². The Morgan fingerprint density at radius 3 is 2.72 bits per heavy atom.